The van der Waals surface area contributed by atoms with Crippen LogP contribution in [-0.4, -0.2) is 25.7 Å². The van der Waals surface area contributed by atoms with E-state index in [1.807, 2.05) is 31.5 Å². The third kappa shape index (κ3) is 3.40. The minimum Gasteiger partial charge on any atom is -0.342 e. The zero-order valence-corrected chi connectivity index (χ0v) is 12.7. The van der Waals surface area contributed by atoms with Crippen molar-refractivity contribution >= 4 is 0 Å². The molecule has 0 bridgehead atoms. The molecule has 1 N–H and O–H groups in total. The molecule has 0 amide bonds. The monoisotopic (exact) mass is 297 g/mol. The molecule has 0 aliphatic rings. The van der Waals surface area contributed by atoms with Crippen molar-refractivity contribution in [3.05, 3.63) is 54.4 Å². The van der Waals surface area contributed by atoms with Crippen molar-refractivity contribution in [2.45, 2.75) is 33.0 Å². The topological polar surface area (TPSA) is 68.8 Å². The average molecular weight is 297 g/mol. The SMILES string of the molecule is Cc1nccn1CC(C)NCc1ccc(-c2ncon2)cc1. The van der Waals surface area contributed by atoms with Gasteiger partial charge in [0.05, 0.1) is 0 Å². The summed E-state index contributed by atoms with van der Waals surface area (Å²) in [5.41, 5.74) is 2.18. The van der Waals surface area contributed by atoms with Gasteiger partial charge in [0, 0.05) is 37.1 Å². The first-order valence-electron chi connectivity index (χ1n) is 7.29. The highest BCUT2D eigenvalue weighted by molar-refractivity contribution is 5.54. The van der Waals surface area contributed by atoms with Gasteiger partial charge in [-0.05, 0) is 19.4 Å². The Morgan fingerprint density at radius 1 is 1.23 bits per heavy atom. The molecule has 0 aliphatic carbocycles. The van der Waals surface area contributed by atoms with E-state index in [9.17, 15) is 0 Å². The molecule has 0 spiro atoms. The fourth-order valence-corrected chi connectivity index (χ4v) is 2.32. The van der Waals surface area contributed by atoms with E-state index < -0.39 is 0 Å². The van der Waals surface area contributed by atoms with E-state index in [0.717, 1.165) is 24.5 Å². The van der Waals surface area contributed by atoms with Gasteiger partial charge < -0.3 is 14.4 Å². The summed E-state index contributed by atoms with van der Waals surface area (Å²) in [7, 11) is 0. The zero-order valence-electron chi connectivity index (χ0n) is 12.7. The molecule has 6 heteroatoms. The van der Waals surface area contributed by atoms with Crippen LogP contribution in [0.5, 0.6) is 0 Å². The summed E-state index contributed by atoms with van der Waals surface area (Å²) >= 11 is 0. The van der Waals surface area contributed by atoms with Crippen molar-refractivity contribution in [3.63, 3.8) is 0 Å². The Labute approximate surface area is 129 Å². The van der Waals surface area contributed by atoms with Crippen LogP contribution in [0.25, 0.3) is 11.4 Å². The highest BCUT2D eigenvalue weighted by Gasteiger charge is 2.06. The second kappa shape index (κ2) is 6.53. The molecule has 0 saturated carbocycles. The maximum Gasteiger partial charge on any atom is 0.214 e. The summed E-state index contributed by atoms with van der Waals surface area (Å²) in [5, 5.41) is 7.35. The zero-order chi connectivity index (χ0) is 15.4. The molecule has 1 aromatic carbocycles. The minimum atomic E-state index is 0.366. The summed E-state index contributed by atoms with van der Waals surface area (Å²) in [6.07, 6.45) is 5.18. The van der Waals surface area contributed by atoms with Crippen LogP contribution in [-0.2, 0) is 13.1 Å². The fourth-order valence-electron chi connectivity index (χ4n) is 2.32. The number of aromatic nitrogens is 4. The molecule has 114 valence electrons. The highest BCUT2D eigenvalue weighted by Crippen LogP contribution is 2.15. The molecule has 2 heterocycles. The molecule has 3 aromatic rings. The number of imidazole rings is 1. The largest absolute Gasteiger partial charge is 0.342 e. The molecule has 6 nitrogen and oxygen atoms in total. The Bertz CT molecular complexity index is 702. The summed E-state index contributed by atoms with van der Waals surface area (Å²) in [6, 6.07) is 8.53. The van der Waals surface area contributed by atoms with E-state index >= 15 is 0 Å². The van der Waals surface area contributed by atoms with E-state index in [2.05, 4.69) is 44.1 Å². The van der Waals surface area contributed by atoms with Crippen molar-refractivity contribution in [1.82, 2.24) is 25.0 Å². The van der Waals surface area contributed by atoms with Gasteiger partial charge in [-0.25, -0.2) is 4.98 Å². The van der Waals surface area contributed by atoms with Crippen LogP contribution >= 0.6 is 0 Å². The van der Waals surface area contributed by atoms with Gasteiger partial charge >= 0.3 is 0 Å². The van der Waals surface area contributed by atoms with E-state index in [0.29, 0.717) is 11.9 Å². The summed E-state index contributed by atoms with van der Waals surface area (Å²) < 4.78 is 6.91. The van der Waals surface area contributed by atoms with Gasteiger partial charge in [-0.15, -0.1) is 0 Å². The third-order valence-corrected chi connectivity index (χ3v) is 3.62. The van der Waals surface area contributed by atoms with Gasteiger partial charge in [0.1, 0.15) is 5.82 Å². The number of rotatable bonds is 6. The smallest absolute Gasteiger partial charge is 0.214 e. The molecule has 0 saturated heterocycles. The van der Waals surface area contributed by atoms with Gasteiger partial charge in [-0.2, -0.15) is 4.98 Å². The first-order valence-corrected chi connectivity index (χ1v) is 7.29. The lowest BCUT2D eigenvalue weighted by Crippen LogP contribution is -2.30. The summed E-state index contributed by atoms with van der Waals surface area (Å²) in [5.74, 6) is 1.65. The molecular formula is C16H19N5O. The van der Waals surface area contributed by atoms with Crippen LogP contribution < -0.4 is 5.32 Å². The van der Waals surface area contributed by atoms with Gasteiger partial charge in [0.25, 0.3) is 0 Å². The third-order valence-electron chi connectivity index (χ3n) is 3.62. The van der Waals surface area contributed by atoms with E-state index in [1.165, 1.54) is 12.0 Å². The number of hydrogen-bond donors (Lipinski definition) is 1. The maximum absolute atomic E-state index is 4.76. The molecule has 0 aliphatic heterocycles. The van der Waals surface area contributed by atoms with Crippen molar-refractivity contribution in [2.75, 3.05) is 0 Å². The molecule has 0 fully saturated rings. The summed E-state index contributed by atoms with van der Waals surface area (Å²) in [4.78, 5) is 8.28. The maximum atomic E-state index is 4.76. The molecule has 2 aromatic heterocycles. The van der Waals surface area contributed by atoms with Crippen LogP contribution in [0.2, 0.25) is 0 Å². The second-order valence-electron chi connectivity index (χ2n) is 5.36. The first-order chi connectivity index (χ1) is 10.7. The number of benzene rings is 1. The van der Waals surface area contributed by atoms with Crippen molar-refractivity contribution in [2.24, 2.45) is 0 Å². The number of nitrogens with zero attached hydrogens (tertiary/aromatic N) is 4. The lowest BCUT2D eigenvalue weighted by Gasteiger charge is -2.15. The fraction of sp³-hybridized carbons (Fsp3) is 0.312. The molecular weight excluding hydrogens is 278 g/mol. The Kier molecular flexibility index (Phi) is 4.29. The Morgan fingerprint density at radius 3 is 2.68 bits per heavy atom. The molecule has 22 heavy (non-hydrogen) atoms. The predicted molar refractivity (Wildman–Crippen MR) is 83.0 cm³/mol. The van der Waals surface area contributed by atoms with E-state index in [4.69, 9.17) is 4.52 Å². The predicted octanol–water partition coefficient (Wildman–Crippen LogP) is 2.42. The number of nitrogens with one attached hydrogen (secondary N) is 1. The average Bonchev–Trinajstić information content (AvgIpc) is 3.18. The highest BCUT2D eigenvalue weighted by atomic mass is 16.5. The Balaban J connectivity index is 1.54. The normalized spacial score (nSPS) is 12.5. The Morgan fingerprint density at radius 2 is 2.05 bits per heavy atom. The first kappa shape index (κ1) is 14.5. The van der Waals surface area contributed by atoms with Crippen LogP contribution in [0, 0.1) is 6.92 Å². The number of hydrogen-bond acceptors (Lipinski definition) is 5. The van der Waals surface area contributed by atoms with Crippen LogP contribution in [0.15, 0.2) is 47.6 Å². The number of aryl methyl sites for hydroxylation is 1. The summed E-state index contributed by atoms with van der Waals surface area (Å²) in [6.45, 7) is 5.92. The standard InChI is InChI=1S/C16H19N5O/c1-12(10-21-8-7-17-13(21)2)18-9-14-3-5-15(6-4-14)16-19-11-22-20-16/h3-8,11-12,18H,9-10H2,1-2H3. The van der Waals surface area contributed by atoms with Crippen molar-refractivity contribution in [1.29, 1.82) is 0 Å². The van der Waals surface area contributed by atoms with Crippen molar-refractivity contribution in [3.8, 4) is 11.4 Å². The van der Waals surface area contributed by atoms with Crippen LogP contribution in [0.4, 0.5) is 0 Å². The van der Waals surface area contributed by atoms with Crippen LogP contribution in [0.1, 0.15) is 18.3 Å². The molecule has 1 unspecified atom stereocenters. The lowest BCUT2D eigenvalue weighted by atomic mass is 10.1. The molecule has 1 atom stereocenters. The lowest BCUT2D eigenvalue weighted by molar-refractivity contribution is 0.419. The van der Waals surface area contributed by atoms with E-state index in [1.54, 1.807) is 0 Å². The van der Waals surface area contributed by atoms with Gasteiger partial charge in [0.2, 0.25) is 12.2 Å². The van der Waals surface area contributed by atoms with Gasteiger partial charge in [-0.1, -0.05) is 29.4 Å². The Hall–Kier alpha value is -2.47. The second-order valence-corrected chi connectivity index (χ2v) is 5.36. The van der Waals surface area contributed by atoms with Crippen LogP contribution in [0.3, 0.4) is 0 Å². The van der Waals surface area contributed by atoms with E-state index in [-0.39, 0.29) is 0 Å². The van der Waals surface area contributed by atoms with Crippen molar-refractivity contribution < 1.29 is 4.52 Å². The quantitative estimate of drug-likeness (QED) is 0.756. The molecule has 3 rings (SSSR count). The van der Waals surface area contributed by atoms with Gasteiger partial charge in [0.15, 0.2) is 0 Å². The minimum absolute atomic E-state index is 0.366. The molecule has 0 radical (unpaired) electrons. The van der Waals surface area contributed by atoms with Gasteiger partial charge in [-0.3, -0.25) is 0 Å².